The molecule has 4 rings (SSSR count). The van der Waals surface area contributed by atoms with Crippen molar-refractivity contribution in [1.82, 2.24) is 9.97 Å². The Morgan fingerprint density at radius 3 is 2.11 bits per heavy atom. The molecular weight excluding hydrogens is 344 g/mol. The molecule has 138 valence electrons. The summed E-state index contributed by atoms with van der Waals surface area (Å²) in [5, 5.41) is 0. The molecule has 4 aromatic rings. The fourth-order valence-corrected chi connectivity index (χ4v) is 3.41. The molecule has 1 N–H and O–H groups in total. The Kier molecular flexibility index (Phi) is 4.90. The second-order valence-electron chi connectivity index (χ2n) is 7.18. The summed E-state index contributed by atoms with van der Waals surface area (Å²) in [6.45, 7) is 4.35. The van der Waals surface area contributed by atoms with Crippen LogP contribution in [0, 0.1) is 0 Å². The van der Waals surface area contributed by atoms with Crippen LogP contribution in [0.1, 0.15) is 25.3 Å². The van der Waals surface area contributed by atoms with Crippen molar-refractivity contribution in [3.05, 3.63) is 101 Å². The van der Waals surface area contributed by atoms with E-state index in [0.29, 0.717) is 11.5 Å². The Morgan fingerprint density at radius 2 is 1.46 bits per heavy atom. The minimum atomic E-state index is -0.0940. The van der Waals surface area contributed by atoms with Crippen molar-refractivity contribution in [2.24, 2.45) is 0 Å². The van der Waals surface area contributed by atoms with E-state index in [1.165, 1.54) is 5.56 Å². The molecule has 0 fully saturated rings. The van der Waals surface area contributed by atoms with Gasteiger partial charge in [0.05, 0.1) is 5.56 Å². The van der Waals surface area contributed by atoms with E-state index < -0.39 is 0 Å². The SMILES string of the molecule is CC(C)c1ccc(-c2cc(-c3ccncc3)c(-c3ccccc3)c(=O)[nH]2)cc1. The number of aromatic nitrogens is 2. The summed E-state index contributed by atoms with van der Waals surface area (Å²) in [5.41, 5.74) is 6.44. The van der Waals surface area contributed by atoms with Gasteiger partial charge in [-0.15, -0.1) is 0 Å². The first-order valence-electron chi connectivity index (χ1n) is 9.47. The van der Waals surface area contributed by atoms with E-state index in [2.05, 4.69) is 54.1 Å². The predicted molar refractivity (Wildman–Crippen MR) is 115 cm³/mol. The molecule has 2 aromatic carbocycles. The average Bonchev–Trinajstić information content (AvgIpc) is 2.74. The van der Waals surface area contributed by atoms with Crippen LogP contribution in [0.3, 0.4) is 0 Å². The van der Waals surface area contributed by atoms with Crippen molar-refractivity contribution in [2.75, 3.05) is 0 Å². The lowest BCUT2D eigenvalue weighted by atomic mass is 9.94. The molecule has 0 atom stereocenters. The van der Waals surface area contributed by atoms with E-state index in [9.17, 15) is 4.79 Å². The van der Waals surface area contributed by atoms with Crippen LogP contribution in [0.4, 0.5) is 0 Å². The molecule has 3 heteroatoms. The van der Waals surface area contributed by atoms with Crippen molar-refractivity contribution in [1.29, 1.82) is 0 Å². The van der Waals surface area contributed by atoms with Crippen LogP contribution in [-0.4, -0.2) is 9.97 Å². The molecule has 0 spiro atoms. The third kappa shape index (κ3) is 3.52. The molecular formula is C25H22N2O. The normalized spacial score (nSPS) is 11.0. The maximum absolute atomic E-state index is 13.1. The monoisotopic (exact) mass is 366 g/mol. The molecule has 2 aromatic heterocycles. The average molecular weight is 366 g/mol. The summed E-state index contributed by atoms with van der Waals surface area (Å²) < 4.78 is 0. The second kappa shape index (κ2) is 7.65. The van der Waals surface area contributed by atoms with Crippen molar-refractivity contribution in [2.45, 2.75) is 19.8 Å². The Bertz CT molecular complexity index is 1130. The van der Waals surface area contributed by atoms with Crippen molar-refractivity contribution in [3.8, 4) is 33.5 Å². The molecule has 28 heavy (non-hydrogen) atoms. The largest absolute Gasteiger partial charge is 0.321 e. The molecule has 0 bridgehead atoms. The number of pyridine rings is 2. The Balaban J connectivity index is 1.92. The smallest absolute Gasteiger partial charge is 0.256 e. The van der Waals surface area contributed by atoms with E-state index in [1.807, 2.05) is 42.5 Å². The first-order chi connectivity index (χ1) is 13.6. The van der Waals surface area contributed by atoms with Gasteiger partial charge in [-0.3, -0.25) is 9.78 Å². The van der Waals surface area contributed by atoms with Crippen LogP contribution in [-0.2, 0) is 0 Å². The summed E-state index contributed by atoms with van der Waals surface area (Å²) >= 11 is 0. The molecule has 0 unspecified atom stereocenters. The lowest BCUT2D eigenvalue weighted by molar-refractivity contribution is 0.867. The highest BCUT2D eigenvalue weighted by atomic mass is 16.1. The van der Waals surface area contributed by atoms with Gasteiger partial charge in [0.2, 0.25) is 0 Å². The number of rotatable bonds is 4. The summed E-state index contributed by atoms with van der Waals surface area (Å²) in [4.78, 5) is 20.3. The molecule has 2 heterocycles. The zero-order valence-electron chi connectivity index (χ0n) is 16.0. The van der Waals surface area contributed by atoms with Crippen LogP contribution < -0.4 is 5.56 Å². The Morgan fingerprint density at radius 1 is 0.786 bits per heavy atom. The molecule has 0 aliphatic rings. The number of nitrogens with one attached hydrogen (secondary N) is 1. The lowest BCUT2D eigenvalue weighted by Gasteiger charge is -2.13. The Hall–Kier alpha value is -3.46. The van der Waals surface area contributed by atoms with Gasteiger partial charge in [-0.05, 0) is 51.9 Å². The number of hydrogen-bond acceptors (Lipinski definition) is 2. The molecule has 0 aliphatic carbocycles. The van der Waals surface area contributed by atoms with Gasteiger partial charge in [0.1, 0.15) is 0 Å². The highest BCUT2D eigenvalue weighted by Crippen LogP contribution is 2.32. The summed E-state index contributed by atoms with van der Waals surface area (Å²) in [6.07, 6.45) is 3.50. The standard InChI is InChI=1S/C25H22N2O/c1-17(2)18-8-10-20(11-9-18)23-16-22(19-12-14-26-15-13-19)24(25(28)27-23)21-6-4-3-5-7-21/h3-17H,1-2H3,(H,27,28). The van der Waals surface area contributed by atoms with E-state index in [-0.39, 0.29) is 5.56 Å². The number of hydrogen-bond donors (Lipinski definition) is 1. The highest BCUT2D eigenvalue weighted by Gasteiger charge is 2.14. The topological polar surface area (TPSA) is 45.8 Å². The van der Waals surface area contributed by atoms with E-state index in [0.717, 1.165) is 27.9 Å². The zero-order chi connectivity index (χ0) is 19.5. The number of H-pyrrole nitrogens is 1. The lowest BCUT2D eigenvalue weighted by Crippen LogP contribution is -2.11. The third-order valence-corrected chi connectivity index (χ3v) is 4.98. The fraction of sp³-hybridized carbons (Fsp3) is 0.120. The van der Waals surface area contributed by atoms with Crippen molar-refractivity contribution < 1.29 is 0 Å². The fourth-order valence-electron chi connectivity index (χ4n) is 3.41. The van der Waals surface area contributed by atoms with Gasteiger partial charge in [-0.25, -0.2) is 0 Å². The second-order valence-corrected chi connectivity index (χ2v) is 7.18. The van der Waals surface area contributed by atoms with E-state index in [4.69, 9.17) is 0 Å². The summed E-state index contributed by atoms with van der Waals surface area (Å²) in [5.74, 6) is 0.473. The number of aromatic amines is 1. The zero-order valence-corrected chi connectivity index (χ0v) is 16.0. The van der Waals surface area contributed by atoms with Gasteiger partial charge in [0.15, 0.2) is 0 Å². The Labute approximate surface area is 164 Å². The first kappa shape index (κ1) is 17.9. The van der Waals surface area contributed by atoms with E-state index >= 15 is 0 Å². The quantitative estimate of drug-likeness (QED) is 0.489. The molecule has 0 radical (unpaired) electrons. The first-order valence-corrected chi connectivity index (χ1v) is 9.47. The maximum atomic E-state index is 13.1. The molecule has 0 amide bonds. The van der Waals surface area contributed by atoms with Crippen LogP contribution in [0.15, 0.2) is 90.0 Å². The van der Waals surface area contributed by atoms with Gasteiger partial charge in [-0.2, -0.15) is 0 Å². The number of nitrogens with zero attached hydrogens (tertiary/aromatic N) is 1. The molecule has 3 nitrogen and oxygen atoms in total. The molecule has 0 aliphatic heterocycles. The van der Waals surface area contributed by atoms with Gasteiger partial charge in [0, 0.05) is 18.1 Å². The molecule has 0 saturated heterocycles. The van der Waals surface area contributed by atoms with Crippen LogP contribution in [0.25, 0.3) is 33.5 Å². The van der Waals surface area contributed by atoms with Crippen LogP contribution >= 0.6 is 0 Å². The van der Waals surface area contributed by atoms with Crippen LogP contribution in [0.2, 0.25) is 0 Å². The van der Waals surface area contributed by atoms with Crippen LogP contribution in [0.5, 0.6) is 0 Å². The number of benzene rings is 2. The van der Waals surface area contributed by atoms with Crippen molar-refractivity contribution >= 4 is 0 Å². The van der Waals surface area contributed by atoms with Gasteiger partial charge < -0.3 is 4.98 Å². The predicted octanol–water partition coefficient (Wildman–Crippen LogP) is 5.89. The maximum Gasteiger partial charge on any atom is 0.256 e. The third-order valence-electron chi connectivity index (χ3n) is 4.98. The summed E-state index contributed by atoms with van der Waals surface area (Å²) in [6, 6.07) is 24.1. The van der Waals surface area contributed by atoms with Gasteiger partial charge in [0.25, 0.3) is 5.56 Å². The minimum absolute atomic E-state index is 0.0940. The van der Waals surface area contributed by atoms with E-state index in [1.54, 1.807) is 12.4 Å². The highest BCUT2D eigenvalue weighted by molar-refractivity contribution is 5.85. The summed E-state index contributed by atoms with van der Waals surface area (Å²) in [7, 11) is 0. The van der Waals surface area contributed by atoms with Crippen molar-refractivity contribution in [3.63, 3.8) is 0 Å². The minimum Gasteiger partial charge on any atom is -0.321 e. The van der Waals surface area contributed by atoms with Gasteiger partial charge in [-0.1, -0.05) is 68.4 Å². The van der Waals surface area contributed by atoms with Gasteiger partial charge >= 0.3 is 0 Å². The molecule has 0 saturated carbocycles.